The molecule has 3 aromatic carbocycles. The molecule has 0 heterocycles. The number of aryl methyl sites for hydroxylation is 1. The molecule has 0 aliphatic rings. The summed E-state index contributed by atoms with van der Waals surface area (Å²) in [7, 11) is -1.20. The molecule has 0 spiro atoms. The Bertz CT molecular complexity index is 1250. The minimum atomic E-state index is -4.14. The molecule has 180 valence electrons. The van der Waals surface area contributed by atoms with Gasteiger partial charge in [0.25, 0.3) is 10.0 Å². The molecule has 1 N–H and O–H groups in total. The third kappa shape index (κ3) is 5.90. The Kier molecular flexibility index (Phi) is 8.22. The minimum absolute atomic E-state index is 0.0143. The van der Waals surface area contributed by atoms with Crippen molar-refractivity contribution < 1.29 is 22.7 Å². The minimum Gasteiger partial charge on any atom is -0.497 e. The lowest BCUT2D eigenvalue weighted by atomic mass is 10.1. The van der Waals surface area contributed by atoms with Crippen LogP contribution in [0.15, 0.2) is 76.1 Å². The summed E-state index contributed by atoms with van der Waals surface area (Å²) < 4.78 is 40.1. The number of methoxy groups -OCH3 is 2. The van der Waals surface area contributed by atoms with Crippen LogP contribution in [-0.4, -0.2) is 35.1 Å². The first-order chi connectivity index (χ1) is 16.1. The van der Waals surface area contributed by atoms with Crippen LogP contribution in [0.5, 0.6) is 11.5 Å². The van der Waals surface area contributed by atoms with Crippen LogP contribution in [0, 0.1) is 6.92 Å². The van der Waals surface area contributed by atoms with E-state index < -0.39 is 22.5 Å². The molecule has 0 bridgehead atoms. The van der Waals surface area contributed by atoms with E-state index in [1.165, 1.54) is 20.3 Å². The van der Waals surface area contributed by atoms with Crippen molar-refractivity contribution in [2.45, 2.75) is 24.8 Å². The molecule has 0 saturated carbocycles. The Morgan fingerprint density at radius 3 is 2.24 bits per heavy atom. The Morgan fingerprint density at radius 2 is 1.65 bits per heavy atom. The molecule has 0 aliphatic heterocycles. The lowest BCUT2D eigenvalue weighted by Crippen LogP contribution is -2.41. The van der Waals surface area contributed by atoms with Gasteiger partial charge in [-0.3, -0.25) is 9.10 Å². The fraction of sp³-hybridized carbons (Fsp3) is 0.240. The SMILES string of the molecule is COc1ccc(N(CC(=O)NC(C)c2ccc(Br)cc2)S(=O)(=O)c2cc(C)ccc2OC)cc1. The number of amides is 1. The summed E-state index contributed by atoms with van der Waals surface area (Å²) in [4.78, 5) is 13.0. The van der Waals surface area contributed by atoms with E-state index in [0.717, 1.165) is 19.9 Å². The number of benzene rings is 3. The van der Waals surface area contributed by atoms with Crippen LogP contribution in [-0.2, 0) is 14.8 Å². The van der Waals surface area contributed by atoms with E-state index >= 15 is 0 Å². The van der Waals surface area contributed by atoms with Gasteiger partial charge in [0.05, 0.1) is 25.9 Å². The highest BCUT2D eigenvalue weighted by atomic mass is 79.9. The van der Waals surface area contributed by atoms with E-state index in [1.54, 1.807) is 43.3 Å². The first-order valence-corrected chi connectivity index (χ1v) is 12.7. The predicted molar refractivity (Wildman–Crippen MR) is 136 cm³/mol. The molecule has 0 fully saturated rings. The highest BCUT2D eigenvalue weighted by Crippen LogP contribution is 2.31. The Hall–Kier alpha value is -3.04. The second kappa shape index (κ2) is 10.9. The van der Waals surface area contributed by atoms with Crippen molar-refractivity contribution in [3.05, 3.63) is 82.3 Å². The lowest BCUT2D eigenvalue weighted by molar-refractivity contribution is -0.120. The van der Waals surface area contributed by atoms with Gasteiger partial charge >= 0.3 is 0 Å². The smallest absolute Gasteiger partial charge is 0.268 e. The number of sulfonamides is 1. The summed E-state index contributed by atoms with van der Waals surface area (Å²) in [6, 6.07) is 18.6. The van der Waals surface area contributed by atoms with Crippen LogP contribution in [0.2, 0.25) is 0 Å². The van der Waals surface area contributed by atoms with E-state index in [0.29, 0.717) is 11.4 Å². The zero-order valence-corrected chi connectivity index (χ0v) is 21.8. The number of carbonyl (C=O) groups is 1. The quantitative estimate of drug-likeness (QED) is 0.414. The van der Waals surface area contributed by atoms with Crippen molar-refractivity contribution in [3.63, 3.8) is 0 Å². The van der Waals surface area contributed by atoms with Crippen molar-refractivity contribution in [2.75, 3.05) is 25.1 Å². The maximum absolute atomic E-state index is 13.8. The molecule has 1 atom stereocenters. The van der Waals surface area contributed by atoms with Crippen LogP contribution in [0.3, 0.4) is 0 Å². The van der Waals surface area contributed by atoms with Gasteiger partial charge in [0.15, 0.2) is 0 Å². The van der Waals surface area contributed by atoms with E-state index in [1.807, 2.05) is 31.2 Å². The number of ether oxygens (including phenoxy) is 2. The summed E-state index contributed by atoms with van der Waals surface area (Å²) in [6.45, 7) is 3.23. The Morgan fingerprint density at radius 1 is 1.00 bits per heavy atom. The van der Waals surface area contributed by atoms with Gasteiger partial charge in [-0.1, -0.05) is 34.1 Å². The molecular formula is C25H27BrN2O5S. The summed E-state index contributed by atoms with van der Waals surface area (Å²) in [5.41, 5.74) is 1.98. The fourth-order valence-corrected chi connectivity index (χ4v) is 5.35. The fourth-order valence-electron chi connectivity index (χ4n) is 3.42. The molecule has 0 aliphatic carbocycles. The number of nitrogens with one attached hydrogen (secondary N) is 1. The number of carbonyl (C=O) groups excluding carboxylic acids is 1. The van der Waals surface area contributed by atoms with Crippen LogP contribution in [0.4, 0.5) is 5.69 Å². The molecule has 34 heavy (non-hydrogen) atoms. The van der Waals surface area contributed by atoms with Crippen LogP contribution >= 0.6 is 15.9 Å². The maximum Gasteiger partial charge on any atom is 0.268 e. The summed E-state index contributed by atoms with van der Waals surface area (Å²) in [6.07, 6.45) is 0. The second-order valence-corrected chi connectivity index (χ2v) is 10.5. The average molecular weight is 547 g/mol. The summed E-state index contributed by atoms with van der Waals surface area (Å²) in [5, 5.41) is 2.89. The lowest BCUT2D eigenvalue weighted by Gasteiger charge is -2.26. The van der Waals surface area contributed by atoms with Crippen molar-refractivity contribution in [3.8, 4) is 11.5 Å². The van der Waals surface area contributed by atoms with E-state index in [4.69, 9.17) is 9.47 Å². The molecule has 0 radical (unpaired) electrons. The third-order valence-electron chi connectivity index (χ3n) is 5.28. The highest BCUT2D eigenvalue weighted by Gasteiger charge is 2.30. The number of nitrogens with zero attached hydrogens (tertiary/aromatic N) is 1. The van der Waals surface area contributed by atoms with Crippen molar-refractivity contribution >= 4 is 37.5 Å². The predicted octanol–water partition coefficient (Wildman–Crippen LogP) is 4.85. The van der Waals surface area contributed by atoms with Gasteiger partial charge in [0.1, 0.15) is 22.9 Å². The summed E-state index contributed by atoms with van der Waals surface area (Å²) in [5.74, 6) is 0.330. The molecule has 9 heteroatoms. The first-order valence-electron chi connectivity index (χ1n) is 10.5. The molecule has 1 unspecified atom stereocenters. The van der Waals surface area contributed by atoms with Gasteiger partial charge in [-0.05, 0) is 73.5 Å². The van der Waals surface area contributed by atoms with Gasteiger partial charge in [0, 0.05) is 4.47 Å². The van der Waals surface area contributed by atoms with E-state index in [9.17, 15) is 13.2 Å². The number of hydrogen-bond donors (Lipinski definition) is 1. The Balaban J connectivity index is 1.96. The largest absolute Gasteiger partial charge is 0.497 e. The zero-order valence-electron chi connectivity index (χ0n) is 19.4. The van der Waals surface area contributed by atoms with Crippen molar-refractivity contribution in [1.82, 2.24) is 5.32 Å². The topological polar surface area (TPSA) is 84.9 Å². The van der Waals surface area contributed by atoms with Crippen LogP contribution < -0.4 is 19.1 Å². The molecule has 7 nitrogen and oxygen atoms in total. The van der Waals surface area contributed by atoms with Gasteiger partial charge < -0.3 is 14.8 Å². The van der Waals surface area contributed by atoms with E-state index in [2.05, 4.69) is 21.2 Å². The van der Waals surface area contributed by atoms with Gasteiger partial charge in [0.2, 0.25) is 5.91 Å². The number of anilines is 1. The third-order valence-corrected chi connectivity index (χ3v) is 7.61. The normalized spacial score (nSPS) is 12.0. The van der Waals surface area contributed by atoms with Gasteiger partial charge in [-0.15, -0.1) is 0 Å². The number of hydrogen-bond acceptors (Lipinski definition) is 5. The van der Waals surface area contributed by atoms with E-state index in [-0.39, 0.29) is 16.7 Å². The molecule has 1 amide bonds. The average Bonchev–Trinajstić information content (AvgIpc) is 2.83. The second-order valence-electron chi connectivity index (χ2n) is 7.70. The first kappa shape index (κ1) is 25.6. The molecule has 3 aromatic rings. The molecule has 0 aromatic heterocycles. The van der Waals surface area contributed by atoms with Gasteiger partial charge in [-0.2, -0.15) is 0 Å². The maximum atomic E-state index is 13.8. The number of halogens is 1. The Labute approximate surface area is 208 Å². The monoisotopic (exact) mass is 546 g/mol. The number of rotatable bonds is 9. The van der Waals surface area contributed by atoms with Crippen molar-refractivity contribution in [2.24, 2.45) is 0 Å². The summed E-state index contributed by atoms with van der Waals surface area (Å²) >= 11 is 3.40. The highest BCUT2D eigenvalue weighted by molar-refractivity contribution is 9.10. The molecule has 3 rings (SSSR count). The van der Waals surface area contributed by atoms with Crippen LogP contribution in [0.25, 0.3) is 0 Å². The van der Waals surface area contributed by atoms with Crippen LogP contribution in [0.1, 0.15) is 24.1 Å². The standard InChI is InChI=1S/C25H27BrN2O5S/c1-17-5-14-23(33-4)24(15-17)34(30,31)28(21-10-12-22(32-3)13-11-21)16-25(29)27-18(2)19-6-8-20(26)9-7-19/h5-15,18H,16H2,1-4H3,(H,27,29). The van der Waals surface area contributed by atoms with Gasteiger partial charge in [-0.25, -0.2) is 8.42 Å². The zero-order chi connectivity index (χ0) is 24.9. The molecular weight excluding hydrogens is 520 g/mol. The molecule has 0 saturated heterocycles. The van der Waals surface area contributed by atoms with Crippen molar-refractivity contribution in [1.29, 1.82) is 0 Å².